The SMILES string of the molecule is CC(c1ccc(Cl)cc1)N1CCC1C(=O)OCCc1ccccc1. The van der Waals surface area contributed by atoms with Crippen molar-refractivity contribution < 1.29 is 9.53 Å². The first-order valence-corrected chi connectivity index (χ1v) is 8.75. The number of benzene rings is 2. The van der Waals surface area contributed by atoms with Crippen LogP contribution < -0.4 is 0 Å². The molecule has 0 spiro atoms. The Balaban J connectivity index is 1.51. The molecule has 3 nitrogen and oxygen atoms in total. The lowest BCUT2D eigenvalue weighted by atomic mass is 9.96. The zero-order valence-electron chi connectivity index (χ0n) is 13.8. The van der Waals surface area contributed by atoms with E-state index in [9.17, 15) is 4.79 Å². The molecule has 0 aliphatic carbocycles. The summed E-state index contributed by atoms with van der Waals surface area (Å²) in [6.45, 7) is 3.47. The minimum atomic E-state index is -0.133. The van der Waals surface area contributed by atoms with Gasteiger partial charge in [-0.3, -0.25) is 9.69 Å². The minimum absolute atomic E-state index is 0.113. The van der Waals surface area contributed by atoms with Gasteiger partial charge in [0, 0.05) is 24.0 Å². The topological polar surface area (TPSA) is 29.5 Å². The fourth-order valence-corrected chi connectivity index (χ4v) is 3.19. The van der Waals surface area contributed by atoms with Crippen molar-refractivity contribution in [2.75, 3.05) is 13.2 Å². The number of esters is 1. The van der Waals surface area contributed by atoms with E-state index >= 15 is 0 Å². The summed E-state index contributed by atoms with van der Waals surface area (Å²) in [6, 6.07) is 17.9. The normalized spacial score (nSPS) is 18.7. The molecule has 2 aromatic rings. The summed E-state index contributed by atoms with van der Waals surface area (Å²) in [5.74, 6) is -0.113. The first-order valence-electron chi connectivity index (χ1n) is 8.37. The van der Waals surface area contributed by atoms with Crippen molar-refractivity contribution in [3.8, 4) is 0 Å². The van der Waals surface area contributed by atoms with E-state index in [-0.39, 0.29) is 18.1 Å². The van der Waals surface area contributed by atoms with Crippen LogP contribution in [0.2, 0.25) is 5.02 Å². The fourth-order valence-electron chi connectivity index (χ4n) is 3.07. The largest absolute Gasteiger partial charge is 0.464 e. The molecular formula is C20H22ClNO2. The number of hydrogen-bond donors (Lipinski definition) is 0. The van der Waals surface area contributed by atoms with E-state index in [0.717, 1.165) is 24.4 Å². The van der Waals surface area contributed by atoms with Crippen molar-refractivity contribution in [3.05, 3.63) is 70.7 Å². The average Bonchev–Trinajstić information content (AvgIpc) is 2.55. The highest BCUT2D eigenvalue weighted by Gasteiger charge is 2.38. The zero-order chi connectivity index (χ0) is 16.9. The Kier molecular flexibility index (Phi) is 5.54. The highest BCUT2D eigenvalue weighted by atomic mass is 35.5. The summed E-state index contributed by atoms with van der Waals surface area (Å²) in [6.07, 6.45) is 1.62. The minimum Gasteiger partial charge on any atom is -0.464 e. The zero-order valence-corrected chi connectivity index (χ0v) is 14.6. The maximum absolute atomic E-state index is 12.3. The molecule has 1 aliphatic heterocycles. The smallest absolute Gasteiger partial charge is 0.323 e. The van der Waals surface area contributed by atoms with Gasteiger partial charge >= 0.3 is 5.97 Å². The fraction of sp³-hybridized carbons (Fsp3) is 0.350. The monoisotopic (exact) mass is 343 g/mol. The predicted molar refractivity (Wildman–Crippen MR) is 96.1 cm³/mol. The van der Waals surface area contributed by atoms with E-state index in [2.05, 4.69) is 11.8 Å². The van der Waals surface area contributed by atoms with Crippen LogP contribution in [-0.2, 0) is 16.0 Å². The van der Waals surface area contributed by atoms with Gasteiger partial charge in [0.25, 0.3) is 0 Å². The predicted octanol–water partition coefficient (Wildman–Crippen LogP) is 4.26. The second kappa shape index (κ2) is 7.82. The number of carbonyl (C=O) groups excluding carboxylic acids is 1. The first kappa shape index (κ1) is 17.0. The lowest BCUT2D eigenvalue weighted by molar-refractivity contribution is -0.156. The van der Waals surface area contributed by atoms with Gasteiger partial charge in [-0.15, -0.1) is 0 Å². The third-order valence-electron chi connectivity index (χ3n) is 4.66. The molecule has 0 N–H and O–H groups in total. The van der Waals surface area contributed by atoms with E-state index in [0.29, 0.717) is 6.61 Å². The van der Waals surface area contributed by atoms with Gasteiger partial charge in [0.05, 0.1) is 6.61 Å². The molecule has 4 heteroatoms. The molecule has 0 radical (unpaired) electrons. The van der Waals surface area contributed by atoms with Gasteiger partial charge in [-0.05, 0) is 36.6 Å². The first-order chi connectivity index (χ1) is 11.6. The number of nitrogens with zero attached hydrogens (tertiary/aromatic N) is 1. The van der Waals surface area contributed by atoms with E-state index < -0.39 is 0 Å². The van der Waals surface area contributed by atoms with Crippen LogP contribution in [0.1, 0.15) is 30.5 Å². The Morgan fingerprint density at radius 2 is 1.92 bits per heavy atom. The average molecular weight is 344 g/mol. The van der Waals surface area contributed by atoms with Crippen molar-refractivity contribution in [3.63, 3.8) is 0 Å². The molecule has 2 unspecified atom stereocenters. The van der Waals surface area contributed by atoms with Crippen LogP contribution in [0.3, 0.4) is 0 Å². The molecule has 0 saturated carbocycles. The number of rotatable bonds is 6. The molecule has 1 saturated heterocycles. The van der Waals surface area contributed by atoms with Crippen molar-refractivity contribution in [1.29, 1.82) is 0 Å². The second-order valence-electron chi connectivity index (χ2n) is 6.17. The quantitative estimate of drug-likeness (QED) is 0.734. The van der Waals surface area contributed by atoms with Gasteiger partial charge in [-0.2, -0.15) is 0 Å². The molecule has 1 aliphatic rings. The Labute approximate surface area is 148 Å². The van der Waals surface area contributed by atoms with Crippen LogP contribution in [0, 0.1) is 0 Å². The van der Waals surface area contributed by atoms with Gasteiger partial charge in [0.1, 0.15) is 6.04 Å². The summed E-state index contributed by atoms with van der Waals surface area (Å²) in [7, 11) is 0. The molecule has 1 fully saturated rings. The van der Waals surface area contributed by atoms with Crippen LogP contribution in [0.25, 0.3) is 0 Å². The van der Waals surface area contributed by atoms with Gasteiger partial charge in [0.2, 0.25) is 0 Å². The lowest BCUT2D eigenvalue weighted by Crippen LogP contribution is -2.53. The van der Waals surface area contributed by atoms with Crippen molar-refractivity contribution in [2.24, 2.45) is 0 Å². The van der Waals surface area contributed by atoms with E-state index in [1.54, 1.807) is 0 Å². The van der Waals surface area contributed by atoms with Crippen LogP contribution in [-0.4, -0.2) is 30.1 Å². The highest BCUT2D eigenvalue weighted by Crippen LogP contribution is 2.31. The third-order valence-corrected chi connectivity index (χ3v) is 4.91. The van der Waals surface area contributed by atoms with Crippen LogP contribution in [0.5, 0.6) is 0 Å². The standard InChI is InChI=1S/C20H22ClNO2/c1-15(17-7-9-18(21)10-8-17)22-13-11-19(22)20(23)24-14-12-16-5-3-2-4-6-16/h2-10,15,19H,11-14H2,1H3. The van der Waals surface area contributed by atoms with E-state index in [4.69, 9.17) is 16.3 Å². The van der Waals surface area contributed by atoms with Gasteiger partial charge in [-0.1, -0.05) is 54.1 Å². The van der Waals surface area contributed by atoms with Crippen LogP contribution >= 0.6 is 11.6 Å². The molecule has 2 aromatic carbocycles. The van der Waals surface area contributed by atoms with Gasteiger partial charge in [0.15, 0.2) is 0 Å². The molecule has 24 heavy (non-hydrogen) atoms. The maximum Gasteiger partial charge on any atom is 0.323 e. The van der Waals surface area contributed by atoms with E-state index in [1.807, 2.05) is 54.6 Å². The van der Waals surface area contributed by atoms with Crippen LogP contribution in [0.15, 0.2) is 54.6 Å². The number of likely N-dealkylation sites (tertiary alicyclic amines) is 1. The number of carbonyl (C=O) groups is 1. The summed E-state index contributed by atoms with van der Waals surface area (Å²) < 4.78 is 5.48. The lowest BCUT2D eigenvalue weighted by Gasteiger charge is -2.43. The Bertz CT molecular complexity index is 672. The molecular weight excluding hydrogens is 322 g/mol. The second-order valence-corrected chi connectivity index (χ2v) is 6.61. The maximum atomic E-state index is 12.3. The van der Waals surface area contributed by atoms with Crippen molar-refractivity contribution >= 4 is 17.6 Å². The molecule has 1 heterocycles. The molecule has 2 atom stereocenters. The number of hydrogen-bond acceptors (Lipinski definition) is 3. The summed E-state index contributed by atoms with van der Waals surface area (Å²) in [5, 5.41) is 0.728. The number of ether oxygens (including phenoxy) is 1. The van der Waals surface area contributed by atoms with Gasteiger partial charge in [-0.25, -0.2) is 0 Å². The molecule has 0 bridgehead atoms. The Morgan fingerprint density at radius 1 is 1.21 bits per heavy atom. The molecule has 126 valence electrons. The van der Waals surface area contributed by atoms with E-state index in [1.165, 1.54) is 11.1 Å². The van der Waals surface area contributed by atoms with Crippen LogP contribution in [0.4, 0.5) is 0 Å². The summed E-state index contributed by atoms with van der Waals surface area (Å²) >= 11 is 5.94. The van der Waals surface area contributed by atoms with Crippen molar-refractivity contribution in [1.82, 2.24) is 4.90 Å². The third kappa shape index (κ3) is 3.97. The number of halogens is 1. The Hall–Kier alpha value is -1.84. The summed E-state index contributed by atoms with van der Waals surface area (Å²) in [5.41, 5.74) is 2.35. The molecule has 0 amide bonds. The summed E-state index contributed by atoms with van der Waals surface area (Å²) in [4.78, 5) is 14.5. The molecule has 3 rings (SSSR count). The van der Waals surface area contributed by atoms with Gasteiger partial charge < -0.3 is 4.74 Å². The highest BCUT2D eigenvalue weighted by molar-refractivity contribution is 6.30. The molecule has 0 aromatic heterocycles. The van der Waals surface area contributed by atoms with Crippen molar-refractivity contribution in [2.45, 2.75) is 31.8 Å². The Morgan fingerprint density at radius 3 is 2.54 bits per heavy atom.